The third-order valence-corrected chi connectivity index (χ3v) is 1.38. The molecule has 2 unspecified atom stereocenters. The van der Waals surface area contributed by atoms with E-state index in [2.05, 4.69) is 10.1 Å². The minimum Gasteiger partial charge on any atom is -0.386 e. The number of nitrogens with zero attached hydrogens (tertiary/aromatic N) is 2. The van der Waals surface area contributed by atoms with Gasteiger partial charge < -0.3 is 4.84 Å². The van der Waals surface area contributed by atoms with Crippen LogP contribution in [0.2, 0.25) is 0 Å². The molecule has 0 bridgehead atoms. The van der Waals surface area contributed by atoms with Crippen LogP contribution in [0, 0.1) is 0 Å². The maximum atomic E-state index is 4.93. The van der Waals surface area contributed by atoms with Crippen LogP contribution in [0.15, 0.2) is 22.3 Å². The minimum atomic E-state index is 0.0648. The lowest BCUT2D eigenvalue weighted by Crippen LogP contribution is -2.21. The Labute approximate surface area is 52.7 Å². The molecule has 0 radical (unpaired) electrons. The Morgan fingerprint density at radius 1 is 1.44 bits per heavy atom. The van der Waals surface area contributed by atoms with Crippen LogP contribution in [-0.2, 0) is 4.84 Å². The number of hydrogen-bond acceptors (Lipinski definition) is 3. The third-order valence-electron chi connectivity index (χ3n) is 1.38. The van der Waals surface area contributed by atoms with Crippen LogP contribution in [0.5, 0.6) is 0 Å². The molecule has 0 aromatic carbocycles. The van der Waals surface area contributed by atoms with Gasteiger partial charge in [-0.15, -0.1) is 0 Å². The summed E-state index contributed by atoms with van der Waals surface area (Å²) in [5, 5.41) is 3.64. The Balaban J connectivity index is 2.25. The Kier molecular flexibility index (Phi) is 0.886. The molecule has 9 heavy (non-hydrogen) atoms. The molecule has 0 spiro atoms. The maximum Gasteiger partial charge on any atom is 0.173 e. The third kappa shape index (κ3) is 0.650. The Hall–Kier alpha value is -1.12. The molecule has 46 valence electrons. The Bertz CT molecular complexity index is 195. The zero-order valence-corrected chi connectivity index (χ0v) is 4.77. The summed E-state index contributed by atoms with van der Waals surface area (Å²) in [5.74, 6) is 0. The lowest BCUT2D eigenvalue weighted by molar-refractivity contribution is 0.112. The van der Waals surface area contributed by atoms with Gasteiger partial charge in [-0.25, -0.2) is 0 Å². The number of rotatable bonds is 0. The molecule has 2 heterocycles. The van der Waals surface area contributed by atoms with Crippen LogP contribution in [-0.4, -0.2) is 24.6 Å². The smallest absolute Gasteiger partial charge is 0.173 e. The number of hydrogen-bond donors (Lipinski definition) is 0. The van der Waals surface area contributed by atoms with Crippen molar-refractivity contribution >= 4 is 12.4 Å². The first-order valence-corrected chi connectivity index (χ1v) is 2.86. The summed E-state index contributed by atoms with van der Waals surface area (Å²) in [7, 11) is 0. The average Bonchev–Trinajstić information content (AvgIpc) is 2.33. The van der Waals surface area contributed by atoms with Gasteiger partial charge in [-0.05, 0) is 12.2 Å². The average molecular weight is 122 g/mol. The van der Waals surface area contributed by atoms with E-state index in [4.69, 9.17) is 4.84 Å². The molecule has 0 aromatic heterocycles. The zero-order valence-electron chi connectivity index (χ0n) is 4.77. The fourth-order valence-corrected chi connectivity index (χ4v) is 0.896. The molecule has 0 saturated heterocycles. The number of fused-ring (bicyclic) bond motifs is 1. The first-order chi connectivity index (χ1) is 4.47. The summed E-state index contributed by atoms with van der Waals surface area (Å²) in [6.45, 7) is 0. The summed E-state index contributed by atoms with van der Waals surface area (Å²) in [5.41, 5.74) is 0. The van der Waals surface area contributed by atoms with Gasteiger partial charge in [0, 0.05) is 6.21 Å². The second kappa shape index (κ2) is 1.69. The van der Waals surface area contributed by atoms with Gasteiger partial charge in [-0.2, -0.15) is 0 Å². The largest absolute Gasteiger partial charge is 0.386 e. The summed E-state index contributed by atoms with van der Waals surface area (Å²) >= 11 is 0. The van der Waals surface area contributed by atoms with E-state index in [9.17, 15) is 0 Å². The molecule has 0 fully saturated rings. The SMILES string of the molecule is C1=CC2ON=CC2N=C1. The fourth-order valence-electron chi connectivity index (χ4n) is 0.896. The van der Waals surface area contributed by atoms with Crippen molar-refractivity contribution in [2.75, 3.05) is 0 Å². The summed E-state index contributed by atoms with van der Waals surface area (Å²) in [4.78, 5) is 9.03. The molecule has 0 saturated carbocycles. The van der Waals surface area contributed by atoms with Gasteiger partial charge in [-0.3, -0.25) is 4.99 Å². The second-order valence-corrected chi connectivity index (χ2v) is 2.00. The molecule has 0 N–H and O–H groups in total. The van der Waals surface area contributed by atoms with E-state index in [0.29, 0.717) is 0 Å². The Morgan fingerprint density at radius 3 is 3.33 bits per heavy atom. The molecular weight excluding hydrogens is 116 g/mol. The minimum absolute atomic E-state index is 0.0648. The van der Waals surface area contributed by atoms with Crippen molar-refractivity contribution in [3.05, 3.63) is 12.2 Å². The van der Waals surface area contributed by atoms with E-state index < -0.39 is 0 Å². The van der Waals surface area contributed by atoms with E-state index in [1.54, 1.807) is 12.4 Å². The van der Waals surface area contributed by atoms with Gasteiger partial charge in [0.05, 0.1) is 6.21 Å². The van der Waals surface area contributed by atoms with Crippen molar-refractivity contribution < 1.29 is 4.84 Å². The van der Waals surface area contributed by atoms with Crippen molar-refractivity contribution in [2.24, 2.45) is 10.1 Å². The number of allylic oxidation sites excluding steroid dienone is 1. The van der Waals surface area contributed by atoms with Gasteiger partial charge in [-0.1, -0.05) is 5.16 Å². The van der Waals surface area contributed by atoms with Crippen LogP contribution < -0.4 is 0 Å². The zero-order chi connectivity index (χ0) is 6.10. The number of dihydropyridines is 1. The highest BCUT2D eigenvalue weighted by molar-refractivity contribution is 5.78. The molecule has 2 aliphatic heterocycles. The van der Waals surface area contributed by atoms with Crippen molar-refractivity contribution in [1.82, 2.24) is 0 Å². The van der Waals surface area contributed by atoms with E-state index in [0.717, 1.165) is 0 Å². The highest BCUT2D eigenvalue weighted by Gasteiger charge is 2.23. The van der Waals surface area contributed by atoms with Gasteiger partial charge in [0.25, 0.3) is 0 Å². The molecular formula is C6H6N2O. The van der Waals surface area contributed by atoms with Crippen LogP contribution >= 0.6 is 0 Å². The molecule has 2 rings (SSSR count). The molecule has 0 aromatic rings. The van der Waals surface area contributed by atoms with Crippen molar-refractivity contribution in [2.45, 2.75) is 12.1 Å². The summed E-state index contributed by atoms with van der Waals surface area (Å²) < 4.78 is 0. The number of aliphatic imine (C=N–C) groups is 1. The van der Waals surface area contributed by atoms with Gasteiger partial charge >= 0.3 is 0 Å². The lowest BCUT2D eigenvalue weighted by atomic mass is 10.1. The van der Waals surface area contributed by atoms with Crippen LogP contribution in [0.1, 0.15) is 0 Å². The highest BCUT2D eigenvalue weighted by atomic mass is 16.6. The monoisotopic (exact) mass is 122 g/mol. The quantitative estimate of drug-likeness (QED) is 0.457. The van der Waals surface area contributed by atoms with Gasteiger partial charge in [0.2, 0.25) is 0 Å². The summed E-state index contributed by atoms with van der Waals surface area (Å²) in [6, 6.07) is 0.134. The van der Waals surface area contributed by atoms with Crippen molar-refractivity contribution in [3.63, 3.8) is 0 Å². The van der Waals surface area contributed by atoms with Crippen molar-refractivity contribution in [1.29, 1.82) is 0 Å². The van der Waals surface area contributed by atoms with E-state index in [1.165, 1.54) is 0 Å². The Morgan fingerprint density at radius 2 is 2.44 bits per heavy atom. The van der Waals surface area contributed by atoms with Crippen LogP contribution in [0.3, 0.4) is 0 Å². The molecule has 3 heteroatoms. The molecule has 0 amide bonds. The molecule has 2 aliphatic rings. The van der Waals surface area contributed by atoms with Crippen molar-refractivity contribution in [3.8, 4) is 0 Å². The van der Waals surface area contributed by atoms with Crippen LogP contribution in [0.25, 0.3) is 0 Å². The molecule has 0 aliphatic carbocycles. The van der Waals surface area contributed by atoms with E-state index in [1.807, 2.05) is 12.2 Å². The predicted molar refractivity (Wildman–Crippen MR) is 34.8 cm³/mol. The van der Waals surface area contributed by atoms with Gasteiger partial charge in [0.1, 0.15) is 6.04 Å². The first-order valence-electron chi connectivity index (χ1n) is 2.86. The normalized spacial score (nSPS) is 36.4. The van der Waals surface area contributed by atoms with E-state index in [-0.39, 0.29) is 12.1 Å². The standard InChI is InChI=1S/C6H6N2O/c1-2-6-5(7-3-1)4-8-9-6/h1-6H. The first kappa shape index (κ1) is 4.73. The summed E-state index contributed by atoms with van der Waals surface area (Å²) in [6.07, 6.45) is 7.36. The molecule has 3 nitrogen and oxygen atoms in total. The topological polar surface area (TPSA) is 34.0 Å². The number of oxime groups is 1. The molecule has 2 atom stereocenters. The maximum absolute atomic E-state index is 4.93. The highest BCUT2D eigenvalue weighted by Crippen LogP contribution is 2.12. The van der Waals surface area contributed by atoms with E-state index >= 15 is 0 Å². The fraction of sp³-hybridized carbons (Fsp3) is 0.333. The lowest BCUT2D eigenvalue weighted by Gasteiger charge is -2.09. The van der Waals surface area contributed by atoms with Crippen LogP contribution in [0.4, 0.5) is 0 Å². The second-order valence-electron chi connectivity index (χ2n) is 2.00. The predicted octanol–water partition coefficient (Wildman–Crippen LogP) is 0.380. The van der Waals surface area contributed by atoms with Gasteiger partial charge in [0.15, 0.2) is 6.10 Å².